The summed E-state index contributed by atoms with van der Waals surface area (Å²) >= 11 is 0. The van der Waals surface area contributed by atoms with Crippen LogP contribution in [0.4, 0.5) is 5.69 Å². The molecule has 0 saturated heterocycles. The van der Waals surface area contributed by atoms with Crippen LogP contribution in [0.5, 0.6) is 0 Å². The number of rotatable bonds is 2. The van der Waals surface area contributed by atoms with Crippen LogP contribution in [0.15, 0.2) is 89.1 Å². The van der Waals surface area contributed by atoms with Gasteiger partial charge in [0.15, 0.2) is 0 Å². The molecule has 1 N–H and O–H groups in total. The van der Waals surface area contributed by atoms with Crippen LogP contribution in [0.3, 0.4) is 0 Å². The second kappa shape index (κ2) is 71.4. The van der Waals surface area contributed by atoms with Crippen molar-refractivity contribution in [1.29, 1.82) is 0 Å². The SMILES string of the molecule is CC.CC.CC.CCC.CCC.CCC.CCNC.CN=[N-].[N-]=Nc1ccccc1.[U+2].c1ccc2ccccc2c1. The van der Waals surface area contributed by atoms with Crippen molar-refractivity contribution in [3.63, 3.8) is 0 Å². The van der Waals surface area contributed by atoms with E-state index in [0.29, 0.717) is 5.69 Å². The summed E-state index contributed by atoms with van der Waals surface area (Å²) in [4.78, 5) is 0. The minimum Gasteiger partial charge on any atom is -0.712 e. The Balaban J connectivity index is -0.0000000531. The van der Waals surface area contributed by atoms with Crippen molar-refractivity contribution < 1.29 is 31.1 Å². The fourth-order valence-electron chi connectivity index (χ4n) is 1.63. The van der Waals surface area contributed by atoms with Gasteiger partial charge in [-0.05, 0) is 36.5 Å². The molecule has 0 saturated carbocycles. The second-order valence-corrected chi connectivity index (χ2v) is 6.81. The zero-order valence-electron chi connectivity index (χ0n) is 29.6. The summed E-state index contributed by atoms with van der Waals surface area (Å²) in [7, 11) is 3.24. The minimum atomic E-state index is 0. The Morgan fingerprint density at radius 2 is 0.732 bits per heavy atom. The molecule has 6 heteroatoms. The number of nitrogens with zero attached hydrogens (tertiary/aromatic N) is 4. The van der Waals surface area contributed by atoms with Crippen LogP contribution in [0.1, 0.15) is 109 Å². The Kier molecular flexibility index (Phi) is 102. The fraction of sp³-hybridized carbons (Fsp3) is 0.543. The standard InChI is InChI=1S/C10H8.C6H5N2.C3H9N.3C3H8.3C2H6.CH3N2.U/c1-2-6-10-8-4-3-7-9(10)5-1;7-8-6-4-2-1-3-5-6;1-3-4-2;3*1-3-2;3*1-2;1-3-2;/h1-8H;1-5H;4H,3H2,1-2H3;3*3H2,1-2H3;3*1-2H3;1H3;/q;-1;;;;;;;;-1;+2. The number of hydrogen-bond acceptors (Lipinski definition) is 3. The normalized spacial score (nSPS) is 6.90. The molecule has 0 fully saturated rings. The largest absolute Gasteiger partial charge is 2.00 e. The molecule has 0 aliphatic heterocycles. The molecule has 3 aromatic rings. The van der Waals surface area contributed by atoms with E-state index in [2.05, 4.69) is 113 Å². The summed E-state index contributed by atoms with van der Waals surface area (Å²) in [6, 6.07) is 25.7. The number of nitrogens with one attached hydrogen (secondary N) is 1. The van der Waals surface area contributed by atoms with E-state index in [1.807, 2.05) is 66.8 Å². The summed E-state index contributed by atoms with van der Waals surface area (Å²) < 4.78 is 0. The topological polar surface area (TPSA) is 81.3 Å². The zero-order chi connectivity index (χ0) is 32.9. The molecule has 0 unspecified atom stereocenters. The molecule has 0 aliphatic carbocycles. The summed E-state index contributed by atoms with van der Waals surface area (Å²) in [5.41, 5.74) is 15.9. The van der Waals surface area contributed by atoms with Crippen molar-refractivity contribution in [2.75, 3.05) is 20.6 Å². The third kappa shape index (κ3) is 67.6. The minimum absolute atomic E-state index is 0. The summed E-state index contributed by atoms with van der Waals surface area (Å²) in [5.74, 6) is 0. The Hall–Kier alpha value is -1.87. The van der Waals surface area contributed by atoms with Gasteiger partial charge in [-0.3, -0.25) is 0 Å². The maximum atomic E-state index is 8.16. The molecular formula is C35H67N5U. The van der Waals surface area contributed by atoms with Crippen LogP contribution >= 0.6 is 0 Å². The first-order chi connectivity index (χ1) is 19.5. The molecule has 0 atom stereocenters. The van der Waals surface area contributed by atoms with E-state index in [-0.39, 0.29) is 31.1 Å². The molecule has 3 aromatic carbocycles. The molecule has 0 radical (unpaired) electrons. The first kappa shape index (κ1) is 58.7. The smallest absolute Gasteiger partial charge is 0.712 e. The van der Waals surface area contributed by atoms with Gasteiger partial charge < -0.3 is 26.6 Å². The van der Waals surface area contributed by atoms with E-state index < -0.39 is 0 Å². The van der Waals surface area contributed by atoms with Crippen LogP contribution in [-0.2, 0) is 0 Å². The molecule has 0 aromatic heterocycles. The van der Waals surface area contributed by atoms with Crippen molar-refractivity contribution in [2.45, 2.75) is 109 Å². The van der Waals surface area contributed by atoms with Gasteiger partial charge in [-0.25, -0.2) is 0 Å². The van der Waals surface area contributed by atoms with E-state index in [1.165, 1.54) is 37.1 Å². The van der Waals surface area contributed by atoms with Gasteiger partial charge >= 0.3 is 31.1 Å². The third-order valence-electron chi connectivity index (χ3n) is 2.88. The molecule has 0 heterocycles. The van der Waals surface area contributed by atoms with Gasteiger partial charge in [0.05, 0.1) is 0 Å². The van der Waals surface area contributed by atoms with Gasteiger partial charge in [0, 0.05) is 12.7 Å². The zero-order valence-corrected chi connectivity index (χ0v) is 33.8. The second-order valence-electron chi connectivity index (χ2n) is 6.81. The first-order valence-electron chi connectivity index (χ1n) is 15.2. The number of fused-ring (bicyclic) bond motifs is 1. The van der Waals surface area contributed by atoms with E-state index >= 15 is 0 Å². The van der Waals surface area contributed by atoms with E-state index in [1.54, 1.807) is 12.1 Å². The monoisotopic (exact) mass is 796 g/mol. The van der Waals surface area contributed by atoms with Crippen LogP contribution in [-0.4, -0.2) is 20.6 Å². The molecule has 41 heavy (non-hydrogen) atoms. The van der Waals surface area contributed by atoms with Crippen LogP contribution in [0.2, 0.25) is 0 Å². The van der Waals surface area contributed by atoms with Crippen LogP contribution in [0, 0.1) is 31.1 Å². The van der Waals surface area contributed by atoms with Gasteiger partial charge in [-0.2, -0.15) is 0 Å². The van der Waals surface area contributed by atoms with Gasteiger partial charge in [0.1, 0.15) is 0 Å². The van der Waals surface area contributed by atoms with E-state index in [4.69, 9.17) is 11.1 Å². The van der Waals surface area contributed by atoms with Crippen molar-refractivity contribution in [3.8, 4) is 0 Å². The van der Waals surface area contributed by atoms with Crippen molar-refractivity contribution >= 4 is 16.5 Å². The van der Waals surface area contributed by atoms with Gasteiger partial charge in [-0.15, -0.1) is 0 Å². The van der Waals surface area contributed by atoms with E-state index in [0.717, 1.165) is 6.54 Å². The van der Waals surface area contributed by atoms with Crippen molar-refractivity contribution in [2.24, 2.45) is 10.2 Å². The van der Waals surface area contributed by atoms with Crippen molar-refractivity contribution in [1.82, 2.24) is 5.32 Å². The molecule has 5 nitrogen and oxygen atoms in total. The average Bonchev–Trinajstić information content (AvgIpc) is 3.03. The van der Waals surface area contributed by atoms with Gasteiger partial charge in [0.2, 0.25) is 0 Å². The molecule has 3 rings (SSSR count). The summed E-state index contributed by atoms with van der Waals surface area (Å²) in [5, 5.41) is 11.0. The first-order valence-corrected chi connectivity index (χ1v) is 15.2. The van der Waals surface area contributed by atoms with E-state index in [9.17, 15) is 0 Å². The van der Waals surface area contributed by atoms with Gasteiger partial charge in [0.25, 0.3) is 0 Å². The third-order valence-corrected chi connectivity index (χ3v) is 2.88. The molecular weight excluding hydrogens is 728 g/mol. The maximum Gasteiger partial charge on any atom is 2.00 e. The van der Waals surface area contributed by atoms with Crippen LogP contribution < -0.4 is 5.32 Å². The molecule has 236 valence electrons. The molecule has 0 bridgehead atoms. The Morgan fingerprint density at radius 1 is 0.537 bits per heavy atom. The average molecular weight is 796 g/mol. The molecule has 0 aliphatic rings. The van der Waals surface area contributed by atoms with Gasteiger partial charge in [-0.1, -0.05) is 176 Å². The fourth-order valence-corrected chi connectivity index (χ4v) is 1.63. The predicted molar refractivity (Wildman–Crippen MR) is 189 cm³/mol. The summed E-state index contributed by atoms with van der Waals surface area (Å²) in [6.07, 6.45) is 3.75. The number of hydrogen-bond donors (Lipinski definition) is 1. The Bertz CT molecular complexity index is 681. The predicted octanol–water partition coefficient (Wildman–Crippen LogP) is 13.4. The Labute approximate surface area is 281 Å². The summed E-state index contributed by atoms with van der Waals surface area (Å²) in [6.45, 7) is 27.9. The van der Waals surface area contributed by atoms with Crippen molar-refractivity contribution in [3.05, 3.63) is 89.9 Å². The maximum absolute atomic E-state index is 8.16. The quantitative estimate of drug-likeness (QED) is 0.258. The van der Waals surface area contributed by atoms with Crippen LogP contribution in [0.25, 0.3) is 21.8 Å². The molecule has 0 amide bonds. The number of benzene rings is 3. The Morgan fingerprint density at radius 3 is 0.878 bits per heavy atom. The molecule has 0 spiro atoms.